The van der Waals surface area contributed by atoms with E-state index in [9.17, 15) is 9.59 Å². The van der Waals surface area contributed by atoms with Gasteiger partial charge < -0.3 is 5.32 Å². The summed E-state index contributed by atoms with van der Waals surface area (Å²) in [5, 5.41) is 2.81. The number of carbonyl (C=O) groups excluding carboxylic acids is 2. The molecule has 1 aliphatic heterocycles. The fraction of sp³-hybridized carbons (Fsp3) is 0.533. The Balaban J connectivity index is 2.57. The number of anilines is 1. The van der Waals surface area contributed by atoms with Crippen molar-refractivity contribution in [2.24, 2.45) is 5.92 Å². The van der Waals surface area contributed by atoms with Crippen LogP contribution in [-0.2, 0) is 9.59 Å². The van der Waals surface area contributed by atoms with Gasteiger partial charge in [-0.25, -0.2) is 0 Å². The van der Waals surface area contributed by atoms with Crippen molar-refractivity contribution < 1.29 is 9.59 Å². The lowest BCUT2D eigenvalue weighted by Crippen LogP contribution is -2.69. The zero-order chi connectivity index (χ0) is 15.1. The lowest BCUT2D eigenvalue weighted by Gasteiger charge is -2.44. The molecule has 2 heterocycles. The van der Waals surface area contributed by atoms with Gasteiger partial charge in [-0.1, -0.05) is 13.8 Å². The van der Waals surface area contributed by atoms with Gasteiger partial charge in [0.25, 0.3) is 5.91 Å². The van der Waals surface area contributed by atoms with Crippen molar-refractivity contribution in [1.29, 1.82) is 0 Å². The summed E-state index contributed by atoms with van der Waals surface area (Å²) >= 11 is 0. The van der Waals surface area contributed by atoms with Gasteiger partial charge in [-0.3, -0.25) is 19.5 Å². The molecule has 1 N–H and O–H groups in total. The fourth-order valence-corrected chi connectivity index (χ4v) is 2.55. The Morgan fingerprint density at radius 2 is 2.00 bits per heavy atom. The van der Waals surface area contributed by atoms with E-state index in [0.717, 1.165) is 5.56 Å². The summed E-state index contributed by atoms with van der Waals surface area (Å²) in [7, 11) is 0. The first-order valence-corrected chi connectivity index (χ1v) is 6.82. The van der Waals surface area contributed by atoms with Crippen molar-refractivity contribution in [2.75, 3.05) is 4.90 Å². The monoisotopic (exact) mass is 275 g/mol. The first-order chi connectivity index (χ1) is 9.25. The van der Waals surface area contributed by atoms with Gasteiger partial charge in [0.2, 0.25) is 5.91 Å². The zero-order valence-corrected chi connectivity index (χ0v) is 12.6. The van der Waals surface area contributed by atoms with E-state index in [-0.39, 0.29) is 17.7 Å². The van der Waals surface area contributed by atoms with E-state index in [2.05, 4.69) is 10.3 Å². The highest BCUT2D eigenvalue weighted by molar-refractivity contribution is 6.10. The van der Waals surface area contributed by atoms with Crippen molar-refractivity contribution in [2.45, 2.75) is 46.2 Å². The third-order valence-corrected chi connectivity index (χ3v) is 3.64. The minimum atomic E-state index is -0.898. The maximum atomic E-state index is 12.7. The van der Waals surface area contributed by atoms with Gasteiger partial charge in [-0.15, -0.1) is 0 Å². The molecule has 1 fully saturated rings. The minimum absolute atomic E-state index is 0.0228. The fourth-order valence-electron chi connectivity index (χ4n) is 2.55. The van der Waals surface area contributed by atoms with Crippen LogP contribution >= 0.6 is 0 Å². The molecule has 1 aromatic rings. The van der Waals surface area contributed by atoms with Gasteiger partial charge in [0.15, 0.2) is 0 Å². The standard InChI is InChI=1S/C15H21N3O2/c1-9(2)12-13(19)17-15(4,5)14(20)18(12)11-8-16-7-6-10(11)3/h6-9,12H,1-5H3,(H,17,19). The molecule has 0 bridgehead atoms. The molecular formula is C15H21N3O2. The number of pyridine rings is 1. The maximum absolute atomic E-state index is 12.7. The number of nitrogens with one attached hydrogen (secondary N) is 1. The van der Waals surface area contributed by atoms with Crippen molar-refractivity contribution in [3.8, 4) is 0 Å². The van der Waals surface area contributed by atoms with Crippen LogP contribution in [0, 0.1) is 12.8 Å². The van der Waals surface area contributed by atoms with E-state index in [0.29, 0.717) is 5.69 Å². The Morgan fingerprint density at radius 1 is 1.35 bits per heavy atom. The topological polar surface area (TPSA) is 62.3 Å². The van der Waals surface area contributed by atoms with Crippen molar-refractivity contribution in [3.05, 3.63) is 24.0 Å². The summed E-state index contributed by atoms with van der Waals surface area (Å²) in [6, 6.07) is 1.35. The van der Waals surface area contributed by atoms with Crippen molar-refractivity contribution in [1.82, 2.24) is 10.3 Å². The largest absolute Gasteiger partial charge is 0.340 e. The van der Waals surface area contributed by atoms with Crippen LogP contribution in [0.25, 0.3) is 0 Å². The van der Waals surface area contributed by atoms with E-state index in [1.54, 1.807) is 31.1 Å². The summed E-state index contributed by atoms with van der Waals surface area (Å²) in [6.45, 7) is 9.25. The van der Waals surface area contributed by atoms with Crippen LogP contribution in [-0.4, -0.2) is 28.4 Å². The van der Waals surface area contributed by atoms with Gasteiger partial charge in [-0.05, 0) is 38.3 Å². The molecule has 2 amide bonds. The molecule has 0 spiro atoms. The average molecular weight is 275 g/mol. The lowest BCUT2D eigenvalue weighted by atomic mass is 9.90. The lowest BCUT2D eigenvalue weighted by molar-refractivity contribution is -0.138. The Labute approximate surface area is 119 Å². The molecule has 0 aromatic carbocycles. The molecule has 0 saturated carbocycles. The van der Waals surface area contributed by atoms with E-state index in [1.807, 2.05) is 26.8 Å². The van der Waals surface area contributed by atoms with Gasteiger partial charge in [0, 0.05) is 6.20 Å². The molecule has 1 atom stereocenters. The molecule has 1 unspecified atom stereocenters. The molecule has 20 heavy (non-hydrogen) atoms. The number of rotatable bonds is 2. The number of carbonyl (C=O) groups is 2. The number of amides is 2. The van der Waals surface area contributed by atoms with Crippen molar-refractivity contribution in [3.63, 3.8) is 0 Å². The zero-order valence-electron chi connectivity index (χ0n) is 12.6. The number of hydrogen-bond donors (Lipinski definition) is 1. The molecule has 2 rings (SSSR count). The third-order valence-electron chi connectivity index (χ3n) is 3.64. The molecular weight excluding hydrogens is 254 g/mol. The van der Waals surface area contributed by atoms with Crippen LogP contribution in [0.15, 0.2) is 18.5 Å². The maximum Gasteiger partial charge on any atom is 0.252 e. The number of nitrogens with zero attached hydrogens (tertiary/aromatic N) is 2. The molecule has 1 aromatic heterocycles. The summed E-state index contributed by atoms with van der Waals surface area (Å²) in [5.74, 6) is -0.200. The molecule has 0 aliphatic carbocycles. The average Bonchev–Trinajstić information content (AvgIpc) is 2.33. The minimum Gasteiger partial charge on any atom is -0.340 e. The second-order valence-corrected chi connectivity index (χ2v) is 6.14. The second kappa shape index (κ2) is 4.89. The van der Waals surface area contributed by atoms with E-state index >= 15 is 0 Å². The highest BCUT2D eigenvalue weighted by Crippen LogP contribution is 2.30. The smallest absolute Gasteiger partial charge is 0.252 e. The Kier molecular flexibility index (Phi) is 3.54. The summed E-state index contributed by atoms with van der Waals surface area (Å²) < 4.78 is 0. The van der Waals surface area contributed by atoms with E-state index in [4.69, 9.17) is 0 Å². The Bertz CT molecular complexity index is 552. The van der Waals surface area contributed by atoms with Crippen LogP contribution in [0.4, 0.5) is 5.69 Å². The second-order valence-electron chi connectivity index (χ2n) is 6.14. The van der Waals surface area contributed by atoms with Gasteiger partial charge >= 0.3 is 0 Å². The number of aryl methyl sites for hydroxylation is 1. The van der Waals surface area contributed by atoms with Crippen LogP contribution in [0.2, 0.25) is 0 Å². The van der Waals surface area contributed by atoms with Gasteiger partial charge in [-0.2, -0.15) is 0 Å². The SMILES string of the molecule is Cc1ccncc1N1C(=O)C(C)(C)NC(=O)C1C(C)C. The number of hydrogen-bond acceptors (Lipinski definition) is 3. The van der Waals surface area contributed by atoms with Crippen LogP contribution < -0.4 is 10.2 Å². The van der Waals surface area contributed by atoms with E-state index in [1.165, 1.54) is 0 Å². The summed E-state index contributed by atoms with van der Waals surface area (Å²) in [6.07, 6.45) is 3.33. The first kappa shape index (κ1) is 14.5. The number of piperazine rings is 1. The van der Waals surface area contributed by atoms with Crippen molar-refractivity contribution >= 4 is 17.5 Å². The molecule has 0 radical (unpaired) electrons. The quantitative estimate of drug-likeness (QED) is 0.892. The van der Waals surface area contributed by atoms with Gasteiger partial charge in [0.1, 0.15) is 11.6 Å². The Hall–Kier alpha value is -1.91. The molecule has 1 saturated heterocycles. The highest BCUT2D eigenvalue weighted by atomic mass is 16.2. The van der Waals surface area contributed by atoms with Crippen LogP contribution in [0.1, 0.15) is 33.3 Å². The van der Waals surface area contributed by atoms with Gasteiger partial charge in [0.05, 0.1) is 11.9 Å². The predicted octanol–water partition coefficient (Wildman–Crippen LogP) is 1.66. The first-order valence-electron chi connectivity index (χ1n) is 6.82. The summed E-state index contributed by atoms with van der Waals surface area (Å²) in [5.41, 5.74) is 0.744. The predicted molar refractivity (Wildman–Crippen MR) is 77.3 cm³/mol. The summed E-state index contributed by atoms with van der Waals surface area (Å²) in [4.78, 5) is 30.8. The molecule has 1 aliphatic rings. The molecule has 5 nitrogen and oxygen atoms in total. The highest BCUT2D eigenvalue weighted by Gasteiger charge is 2.47. The molecule has 5 heteroatoms. The van der Waals surface area contributed by atoms with E-state index < -0.39 is 11.6 Å². The Morgan fingerprint density at radius 3 is 2.55 bits per heavy atom. The van der Waals surface area contributed by atoms with Crippen LogP contribution in [0.3, 0.4) is 0 Å². The normalized spacial score (nSPS) is 22.1. The molecule has 108 valence electrons. The number of aromatic nitrogens is 1. The third kappa shape index (κ3) is 2.28. The van der Waals surface area contributed by atoms with Crippen LogP contribution in [0.5, 0.6) is 0 Å².